The first-order chi connectivity index (χ1) is 7.25. The number of halogens is 1. The van der Waals surface area contributed by atoms with Crippen molar-refractivity contribution in [3.8, 4) is 5.75 Å². The van der Waals surface area contributed by atoms with Gasteiger partial charge in [0.25, 0.3) is 0 Å². The van der Waals surface area contributed by atoms with Crippen LogP contribution in [0.5, 0.6) is 5.75 Å². The van der Waals surface area contributed by atoms with Gasteiger partial charge in [-0.3, -0.25) is 0 Å². The predicted octanol–water partition coefficient (Wildman–Crippen LogP) is 3.20. The van der Waals surface area contributed by atoms with Crippen LogP contribution in [0.4, 0.5) is 10.1 Å². The lowest BCUT2D eigenvalue weighted by molar-refractivity contribution is 0.466. The van der Waals surface area contributed by atoms with Crippen molar-refractivity contribution < 1.29 is 9.50 Å². The van der Waals surface area contributed by atoms with Gasteiger partial charge in [-0.1, -0.05) is 0 Å². The lowest BCUT2D eigenvalue weighted by Gasteiger charge is -2.06. The van der Waals surface area contributed by atoms with E-state index in [9.17, 15) is 9.50 Å². The van der Waals surface area contributed by atoms with Gasteiger partial charge >= 0.3 is 0 Å². The van der Waals surface area contributed by atoms with Gasteiger partial charge in [0.2, 0.25) is 0 Å². The van der Waals surface area contributed by atoms with Crippen molar-refractivity contribution in [1.29, 1.82) is 0 Å². The molecule has 2 aromatic rings. The maximum absolute atomic E-state index is 12.9. The maximum atomic E-state index is 12.9. The lowest BCUT2D eigenvalue weighted by Crippen LogP contribution is -1.98. The molecule has 15 heavy (non-hydrogen) atoms. The molecule has 0 aliphatic heterocycles. The molecular formula is C11H10FNOS. The average Bonchev–Trinajstić information content (AvgIpc) is 2.72. The summed E-state index contributed by atoms with van der Waals surface area (Å²) in [4.78, 5) is 0. The molecule has 0 aliphatic carbocycles. The molecule has 0 spiro atoms. The molecule has 1 aromatic carbocycles. The fourth-order valence-corrected chi connectivity index (χ4v) is 1.87. The summed E-state index contributed by atoms with van der Waals surface area (Å²) in [5.74, 6) is -0.228. The van der Waals surface area contributed by atoms with E-state index in [1.54, 1.807) is 11.3 Å². The summed E-state index contributed by atoms with van der Waals surface area (Å²) in [5, 5.41) is 16.5. The second-order valence-electron chi connectivity index (χ2n) is 3.14. The summed E-state index contributed by atoms with van der Waals surface area (Å²) in [7, 11) is 0. The van der Waals surface area contributed by atoms with Gasteiger partial charge in [0, 0.05) is 23.2 Å². The third kappa shape index (κ3) is 2.47. The first kappa shape index (κ1) is 9.98. The van der Waals surface area contributed by atoms with Gasteiger partial charge in [0.15, 0.2) is 0 Å². The highest BCUT2D eigenvalue weighted by Gasteiger charge is 2.02. The normalized spacial score (nSPS) is 10.2. The zero-order valence-corrected chi connectivity index (χ0v) is 8.72. The van der Waals surface area contributed by atoms with Crippen LogP contribution < -0.4 is 5.32 Å². The van der Waals surface area contributed by atoms with Crippen LogP contribution in [0.25, 0.3) is 0 Å². The van der Waals surface area contributed by atoms with E-state index in [4.69, 9.17) is 0 Å². The molecule has 4 heteroatoms. The Morgan fingerprint density at radius 2 is 2.20 bits per heavy atom. The molecule has 2 nitrogen and oxygen atoms in total. The minimum absolute atomic E-state index is 0.110. The number of aromatic hydroxyl groups is 1. The topological polar surface area (TPSA) is 32.3 Å². The van der Waals surface area contributed by atoms with E-state index in [2.05, 4.69) is 5.32 Å². The summed E-state index contributed by atoms with van der Waals surface area (Å²) >= 11 is 1.58. The number of benzene rings is 1. The van der Waals surface area contributed by atoms with Gasteiger partial charge in [-0.05, 0) is 29.6 Å². The molecule has 2 rings (SSSR count). The fourth-order valence-electron chi connectivity index (χ4n) is 1.26. The smallest absolute Gasteiger partial charge is 0.123 e. The number of phenols is 1. The molecule has 2 N–H and O–H groups in total. The number of anilines is 1. The Balaban J connectivity index is 2.07. The van der Waals surface area contributed by atoms with Crippen molar-refractivity contribution in [3.05, 3.63) is 46.4 Å². The molecule has 0 aliphatic rings. The van der Waals surface area contributed by atoms with Gasteiger partial charge in [-0.2, -0.15) is 11.3 Å². The van der Waals surface area contributed by atoms with Crippen molar-refractivity contribution in [2.75, 3.05) is 5.32 Å². The van der Waals surface area contributed by atoms with Crippen LogP contribution in [-0.4, -0.2) is 5.11 Å². The Hall–Kier alpha value is -1.55. The number of rotatable bonds is 3. The van der Waals surface area contributed by atoms with Crippen molar-refractivity contribution in [2.24, 2.45) is 0 Å². The van der Waals surface area contributed by atoms with E-state index in [0.717, 1.165) is 5.69 Å². The Morgan fingerprint density at radius 1 is 1.33 bits per heavy atom. The van der Waals surface area contributed by atoms with Crippen LogP contribution in [-0.2, 0) is 6.54 Å². The fraction of sp³-hybridized carbons (Fsp3) is 0.0909. The molecule has 0 atom stereocenters. The van der Waals surface area contributed by atoms with Crippen molar-refractivity contribution >= 4 is 17.0 Å². The summed E-state index contributed by atoms with van der Waals surface area (Å²) in [6.07, 6.45) is 0. The number of thiophene rings is 1. The third-order valence-corrected chi connectivity index (χ3v) is 2.73. The standard InChI is InChI=1S/C11H10FNOS/c12-9-1-2-11(14)8(5-9)6-13-10-3-4-15-7-10/h1-5,7,13-14H,6H2. The Bertz CT molecular complexity index is 442. The van der Waals surface area contributed by atoms with Gasteiger partial charge in [-0.25, -0.2) is 4.39 Å². The maximum Gasteiger partial charge on any atom is 0.123 e. The summed E-state index contributed by atoms with van der Waals surface area (Å²) in [5.41, 5.74) is 1.53. The first-order valence-corrected chi connectivity index (χ1v) is 5.43. The van der Waals surface area contributed by atoms with E-state index in [0.29, 0.717) is 12.1 Å². The summed E-state index contributed by atoms with van der Waals surface area (Å²) in [6.45, 7) is 0.417. The quantitative estimate of drug-likeness (QED) is 0.837. The molecule has 0 amide bonds. The van der Waals surface area contributed by atoms with E-state index in [1.807, 2.05) is 16.8 Å². The predicted molar refractivity (Wildman–Crippen MR) is 59.7 cm³/mol. The zero-order chi connectivity index (χ0) is 10.7. The van der Waals surface area contributed by atoms with Crippen LogP contribution in [0, 0.1) is 5.82 Å². The highest BCUT2D eigenvalue weighted by molar-refractivity contribution is 7.08. The highest BCUT2D eigenvalue weighted by atomic mass is 32.1. The monoisotopic (exact) mass is 223 g/mol. The Labute approximate surface area is 91.0 Å². The second kappa shape index (κ2) is 4.31. The molecule has 0 unspecified atom stereocenters. The Kier molecular flexibility index (Phi) is 2.87. The highest BCUT2D eigenvalue weighted by Crippen LogP contribution is 2.20. The van der Waals surface area contributed by atoms with Crippen molar-refractivity contribution in [2.45, 2.75) is 6.54 Å². The molecule has 1 heterocycles. The number of nitrogens with one attached hydrogen (secondary N) is 1. The number of hydrogen-bond acceptors (Lipinski definition) is 3. The molecule has 0 saturated carbocycles. The molecule has 0 fully saturated rings. The van der Waals surface area contributed by atoms with Crippen LogP contribution in [0.1, 0.15) is 5.56 Å². The molecule has 1 aromatic heterocycles. The molecule has 0 saturated heterocycles. The summed E-state index contributed by atoms with van der Waals surface area (Å²) in [6, 6.07) is 5.86. The largest absolute Gasteiger partial charge is 0.508 e. The van der Waals surface area contributed by atoms with Crippen LogP contribution in [0.2, 0.25) is 0 Å². The molecular weight excluding hydrogens is 213 g/mol. The minimum atomic E-state index is -0.338. The van der Waals surface area contributed by atoms with Crippen LogP contribution in [0.15, 0.2) is 35.0 Å². The number of phenolic OH excluding ortho intramolecular Hbond substituents is 1. The van der Waals surface area contributed by atoms with Crippen molar-refractivity contribution in [3.63, 3.8) is 0 Å². The van der Waals surface area contributed by atoms with Gasteiger partial charge < -0.3 is 10.4 Å². The van der Waals surface area contributed by atoms with Crippen LogP contribution in [0.3, 0.4) is 0 Å². The Morgan fingerprint density at radius 3 is 2.93 bits per heavy atom. The first-order valence-electron chi connectivity index (χ1n) is 4.49. The third-order valence-electron chi connectivity index (χ3n) is 2.05. The van der Waals surface area contributed by atoms with Gasteiger partial charge in [0.05, 0.1) is 0 Å². The van der Waals surface area contributed by atoms with Crippen molar-refractivity contribution in [1.82, 2.24) is 0 Å². The lowest BCUT2D eigenvalue weighted by atomic mass is 10.2. The molecule has 78 valence electrons. The summed E-state index contributed by atoms with van der Waals surface area (Å²) < 4.78 is 12.9. The average molecular weight is 223 g/mol. The van der Waals surface area contributed by atoms with E-state index >= 15 is 0 Å². The second-order valence-corrected chi connectivity index (χ2v) is 3.92. The van der Waals surface area contributed by atoms with E-state index in [-0.39, 0.29) is 11.6 Å². The molecule has 0 bridgehead atoms. The number of hydrogen-bond donors (Lipinski definition) is 2. The zero-order valence-electron chi connectivity index (χ0n) is 7.90. The molecule has 0 radical (unpaired) electrons. The van der Waals surface area contributed by atoms with E-state index in [1.165, 1.54) is 18.2 Å². The minimum Gasteiger partial charge on any atom is -0.508 e. The van der Waals surface area contributed by atoms with Gasteiger partial charge in [-0.15, -0.1) is 0 Å². The van der Waals surface area contributed by atoms with E-state index < -0.39 is 0 Å². The van der Waals surface area contributed by atoms with Gasteiger partial charge in [0.1, 0.15) is 11.6 Å². The van der Waals surface area contributed by atoms with Crippen LogP contribution >= 0.6 is 11.3 Å². The SMILES string of the molecule is Oc1ccc(F)cc1CNc1ccsc1.